The van der Waals surface area contributed by atoms with Crippen molar-refractivity contribution >= 4 is 22.7 Å². The molecule has 10 nitrogen and oxygen atoms in total. The van der Waals surface area contributed by atoms with Gasteiger partial charge >= 0.3 is 5.69 Å². The Hall–Kier alpha value is -3.14. The Bertz CT molecular complexity index is 1200. The molecule has 1 atom stereocenters. The van der Waals surface area contributed by atoms with Crippen molar-refractivity contribution in [3.8, 4) is 5.75 Å². The molecule has 0 radical (unpaired) electrons. The van der Waals surface area contributed by atoms with Gasteiger partial charge in [0.2, 0.25) is 11.8 Å². The summed E-state index contributed by atoms with van der Waals surface area (Å²) in [5.74, 6) is 0.741. The molecule has 0 spiro atoms. The number of carbonyl (C=O) groups is 2. The smallest absolute Gasteiger partial charge is 0.328 e. The number of methoxy groups -OCH3 is 2. The largest absolute Gasteiger partial charge is 0.497 e. The van der Waals surface area contributed by atoms with Crippen molar-refractivity contribution in [1.29, 1.82) is 0 Å². The fraction of sp³-hybridized carbons (Fsp3) is 0.600. The van der Waals surface area contributed by atoms with E-state index in [2.05, 4.69) is 4.98 Å². The van der Waals surface area contributed by atoms with Gasteiger partial charge in [-0.05, 0) is 56.7 Å². The number of amides is 2. The standard InChI is InChI=1S/C25H34N4O6/c1-16-13-27(22(30)15-34-2)10-11-28(16)23(31)18-6-4-17(5-7-18)14-29-24(32)20-12-19(35-3)8-9-21(20)26-25(29)33/h8-9,12,16-18H,4-7,10-11,13-15H2,1-3H3,(H,26,33)/t16-,17?,18?/m1/s1. The van der Waals surface area contributed by atoms with Crippen molar-refractivity contribution in [3.63, 3.8) is 0 Å². The van der Waals surface area contributed by atoms with E-state index in [1.54, 1.807) is 23.1 Å². The van der Waals surface area contributed by atoms with E-state index in [0.29, 0.717) is 42.8 Å². The molecule has 35 heavy (non-hydrogen) atoms. The fourth-order valence-corrected chi connectivity index (χ4v) is 5.33. The first-order chi connectivity index (χ1) is 16.8. The van der Waals surface area contributed by atoms with Gasteiger partial charge in [0.05, 0.1) is 18.0 Å². The normalized spacial score (nSPS) is 22.9. The van der Waals surface area contributed by atoms with Crippen LogP contribution in [-0.4, -0.2) is 77.7 Å². The van der Waals surface area contributed by atoms with Crippen LogP contribution in [0, 0.1) is 11.8 Å². The summed E-state index contributed by atoms with van der Waals surface area (Å²) < 4.78 is 11.4. The number of benzene rings is 1. The average Bonchev–Trinajstić information content (AvgIpc) is 2.86. The van der Waals surface area contributed by atoms with Gasteiger partial charge in [-0.1, -0.05) is 0 Å². The zero-order chi connectivity index (χ0) is 25.1. The van der Waals surface area contributed by atoms with Crippen molar-refractivity contribution in [2.75, 3.05) is 40.5 Å². The number of aromatic amines is 1. The molecule has 2 amide bonds. The third kappa shape index (κ3) is 5.27. The molecule has 1 aromatic heterocycles. The van der Waals surface area contributed by atoms with Gasteiger partial charge in [0.1, 0.15) is 12.4 Å². The first-order valence-electron chi connectivity index (χ1n) is 12.2. The van der Waals surface area contributed by atoms with Crippen LogP contribution in [0.25, 0.3) is 10.9 Å². The number of fused-ring (bicyclic) bond motifs is 1. The zero-order valence-electron chi connectivity index (χ0n) is 20.6. The Kier molecular flexibility index (Phi) is 7.59. The summed E-state index contributed by atoms with van der Waals surface area (Å²) in [6.45, 7) is 3.93. The molecule has 2 aromatic rings. The monoisotopic (exact) mass is 486 g/mol. The number of nitrogens with zero attached hydrogens (tertiary/aromatic N) is 3. The van der Waals surface area contributed by atoms with Crippen LogP contribution in [0.2, 0.25) is 0 Å². The number of rotatable bonds is 6. The SMILES string of the molecule is COCC(=O)N1CCN(C(=O)C2CCC(Cn3c(=O)[nH]c4ccc(OC)cc4c3=O)CC2)[C@H](C)C1. The van der Waals surface area contributed by atoms with Crippen LogP contribution in [-0.2, 0) is 20.9 Å². The second-order valence-corrected chi connectivity index (χ2v) is 9.63. The molecule has 1 aliphatic carbocycles. The summed E-state index contributed by atoms with van der Waals surface area (Å²) in [4.78, 5) is 57.4. The first kappa shape index (κ1) is 25.0. The molecule has 10 heteroatoms. The van der Waals surface area contributed by atoms with Crippen molar-refractivity contribution in [3.05, 3.63) is 39.0 Å². The molecule has 1 aromatic carbocycles. The number of ether oxygens (including phenoxy) is 2. The lowest BCUT2D eigenvalue weighted by Crippen LogP contribution is -2.57. The Morgan fingerprint density at radius 1 is 1.09 bits per heavy atom. The number of H-pyrrole nitrogens is 1. The lowest BCUT2D eigenvalue weighted by molar-refractivity contribution is -0.147. The molecule has 1 saturated carbocycles. The Labute approximate surface area is 203 Å². The van der Waals surface area contributed by atoms with Gasteiger partial charge in [0, 0.05) is 45.2 Å². The van der Waals surface area contributed by atoms with Crippen LogP contribution in [0.15, 0.2) is 27.8 Å². The lowest BCUT2D eigenvalue weighted by Gasteiger charge is -2.42. The molecule has 0 bridgehead atoms. The van der Waals surface area contributed by atoms with E-state index in [9.17, 15) is 19.2 Å². The minimum absolute atomic E-state index is 0.0403. The van der Waals surface area contributed by atoms with E-state index in [0.717, 1.165) is 25.7 Å². The second kappa shape index (κ2) is 10.6. The Morgan fingerprint density at radius 3 is 2.49 bits per heavy atom. The maximum atomic E-state index is 13.2. The molecule has 1 saturated heterocycles. The van der Waals surface area contributed by atoms with Crippen LogP contribution in [0.3, 0.4) is 0 Å². The molecule has 2 heterocycles. The molecular formula is C25H34N4O6. The maximum Gasteiger partial charge on any atom is 0.328 e. The number of hydrogen-bond donors (Lipinski definition) is 1. The molecule has 190 valence electrons. The first-order valence-corrected chi connectivity index (χ1v) is 12.2. The highest BCUT2D eigenvalue weighted by Gasteiger charge is 2.35. The third-order valence-corrected chi connectivity index (χ3v) is 7.36. The van der Waals surface area contributed by atoms with Gasteiger partial charge in [-0.3, -0.25) is 19.0 Å². The topological polar surface area (TPSA) is 114 Å². The number of carbonyl (C=O) groups excluding carboxylic acids is 2. The molecule has 1 N–H and O–H groups in total. The maximum absolute atomic E-state index is 13.2. The van der Waals surface area contributed by atoms with Gasteiger partial charge in [-0.15, -0.1) is 0 Å². The molecule has 0 unspecified atom stereocenters. The zero-order valence-corrected chi connectivity index (χ0v) is 20.6. The second-order valence-electron chi connectivity index (χ2n) is 9.63. The molecule has 1 aliphatic heterocycles. The summed E-state index contributed by atoms with van der Waals surface area (Å²) in [7, 11) is 3.04. The van der Waals surface area contributed by atoms with E-state index in [4.69, 9.17) is 9.47 Å². The van der Waals surface area contributed by atoms with Gasteiger partial charge in [-0.25, -0.2) is 4.79 Å². The quantitative estimate of drug-likeness (QED) is 0.657. The molecule has 4 rings (SSSR count). The molecule has 2 fully saturated rings. The minimum atomic E-state index is -0.416. The van der Waals surface area contributed by atoms with Gasteiger partial charge < -0.3 is 24.3 Å². The van der Waals surface area contributed by atoms with Crippen molar-refractivity contribution in [2.45, 2.75) is 45.2 Å². The van der Waals surface area contributed by atoms with Crippen LogP contribution in [0.1, 0.15) is 32.6 Å². The summed E-state index contributed by atoms with van der Waals surface area (Å²) >= 11 is 0. The Morgan fingerprint density at radius 2 is 1.83 bits per heavy atom. The molecule has 2 aliphatic rings. The summed E-state index contributed by atoms with van der Waals surface area (Å²) in [6, 6.07) is 4.98. The van der Waals surface area contributed by atoms with E-state index >= 15 is 0 Å². The highest BCUT2D eigenvalue weighted by Crippen LogP contribution is 2.31. The number of nitrogens with one attached hydrogen (secondary N) is 1. The van der Waals surface area contributed by atoms with Crippen molar-refractivity contribution in [2.24, 2.45) is 11.8 Å². The highest BCUT2D eigenvalue weighted by molar-refractivity contribution is 5.81. The van der Waals surface area contributed by atoms with Gasteiger partial charge in [-0.2, -0.15) is 0 Å². The lowest BCUT2D eigenvalue weighted by atomic mass is 9.81. The van der Waals surface area contributed by atoms with Crippen molar-refractivity contribution in [1.82, 2.24) is 19.4 Å². The van der Waals surface area contributed by atoms with Crippen LogP contribution in [0.5, 0.6) is 5.75 Å². The van der Waals surface area contributed by atoms with E-state index in [1.165, 1.54) is 18.8 Å². The predicted octanol–water partition coefficient (Wildman–Crippen LogP) is 1.21. The predicted molar refractivity (Wildman–Crippen MR) is 130 cm³/mol. The van der Waals surface area contributed by atoms with E-state index < -0.39 is 5.69 Å². The third-order valence-electron chi connectivity index (χ3n) is 7.36. The highest BCUT2D eigenvalue weighted by atomic mass is 16.5. The number of hydrogen-bond acceptors (Lipinski definition) is 6. The average molecular weight is 487 g/mol. The van der Waals surface area contributed by atoms with Gasteiger partial charge in [0.15, 0.2) is 0 Å². The number of piperazine rings is 1. The minimum Gasteiger partial charge on any atom is -0.497 e. The summed E-state index contributed by atoms with van der Waals surface area (Å²) in [6.07, 6.45) is 3.01. The van der Waals surface area contributed by atoms with Crippen molar-refractivity contribution < 1.29 is 19.1 Å². The number of aromatic nitrogens is 2. The van der Waals surface area contributed by atoms with Crippen LogP contribution < -0.4 is 16.0 Å². The van der Waals surface area contributed by atoms with E-state index in [-0.39, 0.29) is 41.9 Å². The van der Waals surface area contributed by atoms with Gasteiger partial charge in [0.25, 0.3) is 5.56 Å². The summed E-state index contributed by atoms with van der Waals surface area (Å²) in [5.41, 5.74) is -0.249. The van der Waals surface area contributed by atoms with Crippen LogP contribution >= 0.6 is 0 Å². The van der Waals surface area contributed by atoms with E-state index in [1.807, 2.05) is 11.8 Å². The Balaban J connectivity index is 1.37. The molecular weight excluding hydrogens is 452 g/mol. The fourth-order valence-electron chi connectivity index (χ4n) is 5.33. The van der Waals surface area contributed by atoms with Crippen LogP contribution in [0.4, 0.5) is 0 Å². The summed E-state index contributed by atoms with van der Waals surface area (Å²) in [5, 5.41) is 0.421.